The molecule has 0 bridgehead atoms. The van der Waals surface area contributed by atoms with Gasteiger partial charge in [0.15, 0.2) is 0 Å². The Morgan fingerprint density at radius 1 is 1.64 bits per heavy atom. The van der Waals surface area contributed by atoms with Crippen LogP contribution in [0.5, 0.6) is 0 Å². The van der Waals surface area contributed by atoms with Crippen molar-refractivity contribution in [1.82, 2.24) is 9.88 Å². The highest BCUT2D eigenvalue weighted by molar-refractivity contribution is 7.09. The fraction of sp³-hybridized carbons (Fsp3) is 0.647. The number of amides is 1. The van der Waals surface area contributed by atoms with Crippen LogP contribution in [0.4, 0.5) is 0 Å². The molecule has 2 fully saturated rings. The van der Waals surface area contributed by atoms with Gasteiger partial charge in [0.1, 0.15) is 0 Å². The number of aromatic nitrogens is 1. The van der Waals surface area contributed by atoms with E-state index in [4.69, 9.17) is 4.74 Å². The number of hydrogen-bond acceptors (Lipinski definition) is 4. The molecule has 22 heavy (non-hydrogen) atoms. The second-order valence-corrected chi connectivity index (χ2v) is 7.37. The summed E-state index contributed by atoms with van der Waals surface area (Å²) in [6.45, 7) is 9.05. The zero-order valence-electron chi connectivity index (χ0n) is 13.4. The molecule has 1 spiro atoms. The van der Waals surface area contributed by atoms with Gasteiger partial charge in [-0.25, -0.2) is 4.98 Å². The third-order valence-electron chi connectivity index (χ3n) is 5.23. The SMILES string of the molecule is C=CC(=O)N(Cc1csc(C)n1)C1CC(OCC)C12CCC2. The lowest BCUT2D eigenvalue weighted by Crippen LogP contribution is -2.68. The van der Waals surface area contributed by atoms with Crippen LogP contribution in [-0.2, 0) is 16.1 Å². The Labute approximate surface area is 136 Å². The van der Waals surface area contributed by atoms with Crippen molar-refractivity contribution in [3.05, 3.63) is 28.7 Å². The molecule has 3 rings (SSSR count). The minimum Gasteiger partial charge on any atom is -0.378 e. The van der Waals surface area contributed by atoms with Crippen LogP contribution in [0.1, 0.15) is 43.3 Å². The molecule has 1 aromatic heterocycles. The maximum Gasteiger partial charge on any atom is 0.246 e. The van der Waals surface area contributed by atoms with Crippen LogP contribution in [0, 0.1) is 12.3 Å². The summed E-state index contributed by atoms with van der Waals surface area (Å²) >= 11 is 1.63. The van der Waals surface area contributed by atoms with Crippen LogP contribution in [0.25, 0.3) is 0 Å². The molecule has 1 aromatic rings. The highest BCUT2D eigenvalue weighted by Gasteiger charge is 2.61. The van der Waals surface area contributed by atoms with Crippen molar-refractivity contribution in [2.45, 2.75) is 58.2 Å². The van der Waals surface area contributed by atoms with Crippen LogP contribution in [-0.4, -0.2) is 34.5 Å². The van der Waals surface area contributed by atoms with Gasteiger partial charge in [0.25, 0.3) is 0 Å². The second-order valence-electron chi connectivity index (χ2n) is 6.31. The molecule has 2 aliphatic carbocycles. The molecule has 0 saturated heterocycles. The van der Waals surface area contributed by atoms with E-state index in [9.17, 15) is 4.79 Å². The Morgan fingerprint density at radius 2 is 2.41 bits per heavy atom. The van der Waals surface area contributed by atoms with Gasteiger partial charge < -0.3 is 9.64 Å². The first-order valence-corrected chi connectivity index (χ1v) is 8.94. The van der Waals surface area contributed by atoms with E-state index < -0.39 is 0 Å². The summed E-state index contributed by atoms with van der Waals surface area (Å²) in [4.78, 5) is 18.9. The van der Waals surface area contributed by atoms with E-state index in [1.54, 1.807) is 11.3 Å². The average molecular weight is 320 g/mol. The molecular formula is C17H24N2O2S. The fourth-order valence-corrected chi connectivity index (χ4v) is 4.56. The first-order chi connectivity index (χ1) is 10.6. The highest BCUT2D eigenvalue weighted by atomic mass is 32.1. The third kappa shape index (κ3) is 2.50. The van der Waals surface area contributed by atoms with Crippen LogP contribution < -0.4 is 0 Å². The van der Waals surface area contributed by atoms with Gasteiger partial charge in [0.05, 0.1) is 23.4 Å². The summed E-state index contributed by atoms with van der Waals surface area (Å²) in [6.07, 6.45) is 6.26. The lowest BCUT2D eigenvalue weighted by molar-refractivity contribution is -0.205. The van der Waals surface area contributed by atoms with Gasteiger partial charge in [-0.2, -0.15) is 0 Å². The summed E-state index contributed by atoms with van der Waals surface area (Å²) < 4.78 is 5.91. The first kappa shape index (κ1) is 15.7. The molecule has 0 aliphatic heterocycles. The molecule has 4 nitrogen and oxygen atoms in total. The number of carbonyl (C=O) groups excluding carboxylic acids is 1. The fourth-order valence-electron chi connectivity index (χ4n) is 3.95. The van der Waals surface area contributed by atoms with Crippen molar-refractivity contribution in [3.63, 3.8) is 0 Å². The summed E-state index contributed by atoms with van der Waals surface area (Å²) in [7, 11) is 0. The van der Waals surface area contributed by atoms with E-state index in [1.807, 2.05) is 24.1 Å². The van der Waals surface area contributed by atoms with Crippen LogP contribution in [0.15, 0.2) is 18.0 Å². The zero-order chi connectivity index (χ0) is 15.7. The highest BCUT2D eigenvalue weighted by Crippen LogP contribution is 2.59. The van der Waals surface area contributed by atoms with Gasteiger partial charge in [0, 0.05) is 23.4 Å². The van der Waals surface area contributed by atoms with Gasteiger partial charge >= 0.3 is 0 Å². The Balaban J connectivity index is 1.78. The summed E-state index contributed by atoms with van der Waals surface area (Å²) in [5, 5.41) is 3.09. The Morgan fingerprint density at radius 3 is 2.91 bits per heavy atom. The lowest BCUT2D eigenvalue weighted by atomic mass is 9.50. The van der Waals surface area contributed by atoms with Gasteiger partial charge in [-0.05, 0) is 39.2 Å². The van der Waals surface area contributed by atoms with Gasteiger partial charge in [-0.1, -0.05) is 13.0 Å². The number of ether oxygens (including phenoxy) is 1. The van der Waals surface area contributed by atoms with Gasteiger partial charge in [-0.3, -0.25) is 4.79 Å². The van der Waals surface area contributed by atoms with E-state index in [0.717, 1.165) is 23.7 Å². The predicted molar refractivity (Wildman–Crippen MR) is 87.7 cm³/mol. The molecular weight excluding hydrogens is 296 g/mol. The van der Waals surface area contributed by atoms with E-state index in [1.165, 1.54) is 25.3 Å². The Hall–Kier alpha value is -1.20. The predicted octanol–water partition coefficient (Wildman–Crippen LogP) is 3.31. The Bertz CT molecular complexity index is 565. The standard InChI is InChI=1S/C17H24N2O2S/c1-4-16(20)19(10-13-11-22-12(3)18-13)14-9-15(21-5-2)17(14)7-6-8-17/h4,11,14-15H,1,5-10H2,2-3H3. The quantitative estimate of drug-likeness (QED) is 0.755. The van der Waals surface area contributed by atoms with Crippen molar-refractivity contribution in [2.75, 3.05) is 6.61 Å². The normalized spacial score (nSPS) is 25.4. The van der Waals surface area contributed by atoms with E-state index in [-0.39, 0.29) is 17.4 Å². The number of rotatable bonds is 6. The number of carbonyl (C=O) groups is 1. The van der Waals surface area contributed by atoms with Crippen LogP contribution >= 0.6 is 11.3 Å². The van der Waals surface area contributed by atoms with Crippen molar-refractivity contribution < 1.29 is 9.53 Å². The van der Waals surface area contributed by atoms with Crippen LogP contribution in [0.3, 0.4) is 0 Å². The average Bonchev–Trinajstić information content (AvgIpc) is 2.84. The third-order valence-corrected chi connectivity index (χ3v) is 6.05. The minimum absolute atomic E-state index is 0.0110. The van der Waals surface area contributed by atoms with E-state index in [2.05, 4.69) is 11.6 Å². The number of thiazole rings is 1. The monoisotopic (exact) mass is 320 g/mol. The summed E-state index contributed by atoms with van der Waals surface area (Å²) in [5.74, 6) is 0.0110. The number of hydrogen-bond donors (Lipinski definition) is 0. The molecule has 1 heterocycles. The molecule has 0 N–H and O–H groups in total. The summed E-state index contributed by atoms with van der Waals surface area (Å²) in [6, 6.07) is 0.269. The maximum atomic E-state index is 12.4. The molecule has 2 saturated carbocycles. The van der Waals surface area contributed by atoms with Crippen LogP contribution in [0.2, 0.25) is 0 Å². The zero-order valence-corrected chi connectivity index (χ0v) is 14.2. The molecule has 5 heteroatoms. The van der Waals surface area contributed by atoms with E-state index in [0.29, 0.717) is 12.6 Å². The molecule has 120 valence electrons. The first-order valence-electron chi connectivity index (χ1n) is 8.06. The van der Waals surface area contributed by atoms with Crippen molar-refractivity contribution in [1.29, 1.82) is 0 Å². The molecule has 0 aromatic carbocycles. The second kappa shape index (κ2) is 6.13. The smallest absolute Gasteiger partial charge is 0.246 e. The largest absolute Gasteiger partial charge is 0.378 e. The van der Waals surface area contributed by atoms with Gasteiger partial charge in [0.2, 0.25) is 5.91 Å². The van der Waals surface area contributed by atoms with Crippen molar-refractivity contribution in [3.8, 4) is 0 Å². The molecule has 2 atom stereocenters. The van der Waals surface area contributed by atoms with Crippen molar-refractivity contribution >= 4 is 17.2 Å². The topological polar surface area (TPSA) is 42.4 Å². The maximum absolute atomic E-state index is 12.4. The Kier molecular flexibility index (Phi) is 4.37. The molecule has 1 amide bonds. The molecule has 2 unspecified atom stereocenters. The number of aryl methyl sites for hydroxylation is 1. The lowest BCUT2D eigenvalue weighted by Gasteiger charge is -2.63. The van der Waals surface area contributed by atoms with E-state index >= 15 is 0 Å². The minimum atomic E-state index is 0.0110. The number of nitrogens with zero attached hydrogens (tertiary/aromatic N) is 2. The van der Waals surface area contributed by atoms with Crippen molar-refractivity contribution in [2.24, 2.45) is 5.41 Å². The summed E-state index contributed by atoms with van der Waals surface area (Å²) in [5.41, 5.74) is 1.16. The molecule has 0 radical (unpaired) electrons. The van der Waals surface area contributed by atoms with Gasteiger partial charge in [-0.15, -0.1) is 11.3 Å². The molecule has 2 aliphatic rings.